The third-order valence-corrected chi connectivity index (χ3v) is 9.94. The first-order valence-electron chi connectivity index (χ1n) is 18.3. The predicted octanol–water partition coefficient (Wildman–Crippen LogP) is 10.2. The minimum absolute atomic E-state index is 0. The third kappa shape index (κ3) is 11.0. The van der Waals surface area contributed by atoms with Crippen LogP contribution in [0.5, 0.6) is 5.75 Å². The molecule has 0 saturated carbocycles. The maximum Gasteiger partial charge on any atom is 0.416 e. The Morgan fingerprint density at radius 2 is 1.82 bits per heavy atom. The number of allylic oxidation sites excluding steroid dienone is 4. The number of esters is 1. The molecule has 2 aliphatic heterocycles. The molecule has 300 valence electrons. The molecule has 0 N–H and O–H groups in total. The van der Waals surface area contributed by atoms with E-state index in [0.29, 0.717) is 23.4 Å². The van der Waals surface area contributed by atoms with Crippen molar-refractivity contribution in [3.05, 3.63) is 107 Å². The van der Waals surface area contributed by atoms with Crippen molar-refractivity contribution in [1.29, 1.82) is 0 Å². The number of likely N-dealkylation sites (tertiary alicyclic amines) is 1. The number of ether oxygens (including phenoxy) is 2. The molecule has 1 unspecified atom stereocenters. The van der Waals surface area contributed by atoms with Crippen molar-refractivity contribution in [1.82, 2.24) is 14.7 Å². The minimum Gasteiger partial charge on any atom is -0.497 e. The van der Waals surface area contributed by atoms with Crippen LogP contribution >= 0.6 is 0 Å². The Balaban J connectivity index is 0.00000812. The van der Waals surface area contributed by atoms with Crippen LogP contribution < -0.4 is 4.74 Å². The molecule has 2 aromatic carbocycles. The number of aryl methyl sites for hydroxylation is 1. The van der Waals surface area contributed by atoms with E-state index in [0.717, 1.165) is 42.3 Å². The maximum atomic E-state index is 16.4. The Kier molecular flexibility index (Phi) is 15.7. The van der Waals surface area contributed by atoms with Crippen LogP contribution in [0.3, 0.4) is 0 Å². The molecule has 0 aromatic heterocycles. The van der Waals surface area contributed by atoms with Gasteiger partial charge in [-0.1, -0.05) is 58.2 Å². The van der Waals surface area contributed by atoms with Crippen LogP contribution in [-0.2, 0) is 14.3 Å². The fourth-order valence-corrected chi connectivity index (χ4v) is 6.82. The smallest absolute Gasteiger partial charge is 0.416 e. The highest BCUT2D eigenvalue weighted by Crippen LogP contribution is 2.40. The second-order valence-corrected chi connectivity index (χ2v) is 14.5. The number of likely N-dealkylation sites (N-methyl/N-ethyl adjacent to an activating group) is 1. The summed E-state index contributed by atoms with van der Waals surface area (Å²) in [5.74, 6) is -1.20. The van der Waals surface area contributed by atoms with Gasteiger partial charge in [0.15, 0.2) is 0 Å². The van der Waals surface area contributed by atoms with E-state index in [2.05, 4.69) is 18.1 Å². The lowest BCUT2D eigenvalue weighted by Gasteiger charge is -2.39. The third-order valence-electron chi connectivity index (χ3n) is 9.94. The van der Waals surface area contributed by atoms with Crippen molar-refractivity contribution in [3.8, 4) is 16.9 Å². The normalized spacial score (nSPS) is 15.9. The monoisotopic (exact) mass is 767 g/mol. The summed E-state index contributed by atoms with van der Waals surface area (Å²) in [6, 6.07) is 6.68. The van der Waals surface area contributed by atoms with E-state index in [-0.39, 0.29) is 56.0 Å². The number of rotatable bonds is 16. The van der Waals surface area contributed by atoms with Crippen LogP contribution in [-0.4, -0.2) is 79.2 Å². The van der Waals surface area contributed by atoms with E-state index >= 15 is 4.39 Å². The van der Waals surface area contributed by atoms with Gasteiger partial charge in [0, 0.05) is 31.1 Å². The van der Waals surface area contributed by atoms with Crippen LogP contribution in [0.1, 0.15) is 83.5 Å². The largest absolute Gasteiger partial charge is 0.497 e. The first-order valence-corrected chi connectivity index (χ1v) is 18.3. The van der Waals surface area contributed by atoms with Gasteiger partial charge in [0.05, 0.1) is 25.1 Å². The first-order chi connectivity index (χ1) is 25.5. The van der Waals surface area contributed by atoms with Gasteiger partial charge < -0.3 is 24.2 Å². The molecule has 0 radical (unpaired) electrons. The topological polar surface area (TPSA) is 62.3 Å². The summed E-state index contributed by atoms with van der Waals surface area (Å²) >= 11 is 0. The van der Waals surface area contributed by atoms with E-state index in [1.54, 1.807) is 51.3 Å². The van der Waals surface area contributed by atoms with Crippen molar-refractivity contribution in [3.63, 3.8) is 0 Å². The number of hydrogen-bond donors (Lipinski definition) is 0. The van der Waals surface area contributed by atoms with E-state index < -0.39 is 41.5 Å². The van der Waals surface area contributed by atoms with Crippen molar-refractivity contribution in [2.45, 2.75) is 86.0 Å². The van der Waals surface area contributed by atoms with Crippen LogP contribution in [0.2, 0.25) is 0 Å². The molecule has 11 heteroatoms. The van der Waals surface area contributed by atoms with Gasteiger partial charge in [-0.25, -0.2) is 4.39 Å². The molecule has 0 spiro atoms. The lowest BCUT2D eigenvalue weighted by Crippen LogP contribution is -2.48. The fraction of sp³-hybridized carbons (Fsp3) is 0.455. The summed E-state index contributed by atoms with van der Waals surface area (Å²) in [6.07, 6.45) is 2.20. The molecule has 2 atom stereocenters. The fourth-order valence-electron chi connectivity index (χ4n) is 6.82. The van der Waals surface area contributed by atoms with Crippen LogP contribution in [0.25, 0.3) is 16.7 Å². The molecule has 2 aromatic rings. The number of nitrogens with zero attached hydrogens (tertiary/aromatic N) is 3. The first kappa shape index (κ1) is 44.8. The molecule has 7 nitrogen and oxygen atoms in total. The van der Waals surface area contributed by atoms with Gasteiger partial charge in [0.25, 0.3) is 0 Å². The molecule has 1 saturated heterocycles. The second-order valence-electron chi connectivity index (χ2n) is 14.5. The Hall–Kier alpha value is -4.64. The van der Waals surface area contributed by atoms with Crippen LogP contribution in [0.4, 0.5) is 17.6 Å². The van der Waals surface area contributed by atoms with Crippen molar-refractivity contribution >= 4 is 17.4 Å². The highest BCUT2D eigenvalue weighted by atomic mass is 19.4. The van der Waals surface area contributed by atoms with Gasteiger partial charge in [-0.3, -0.25) is 9.59 Å². The number of carbonyl (C=O) groups excluding carboxylic acids is 2. The molecule has 0 bridgehead atoms. The summed E-state index contributed by atoms with van der Waals surface area (Å²) in [6.45, 7) is 19.3. The zero-order valence-electron chi connectivity index (χ0n) is 32.5. The number of benzene rings is 2. The Morgan fingerprint density at radius 1 is 1.13 bits per heavy atom. The van der Waals surface area contributed by atoms with Crippen molar-refractivity contribution < 1.29 is 36.6 Å². The SMILES string of the molecule is C.C=C(C)c1cc(OC)ccc1-c1cc(C)c(F)c([C@H](CC(=O)OCC=CC)N(C)C(=O)C(CC(C)C)N2C=C(CCN3CCC3)C(C(F)(F)F)=CC2=C)c1. The van der Waals surface area contributed by atoms with E-state index in [1.165, 1.54) is 23.0 Å². The van der Waals surface area contributed by atoms with Gasteiger partial charge in [0.2, 0.25) is 5.91 Å². The van der Waals surface area contributed by atoms with Gasteiger partial charge in [-0.2, -0.15) is 13.2 Å². The summed E-state index contributed by atoms with van der Waals surface area (Å²) in [5, 5.41) is 0. The molecular weight excluding hydrogens is 710 g/mol. The van der Waals surface area contributed by atoms with Gasteiger partial charge in [-0.05, 0) is 117 Å². The Morgan fingerprint density at radius 3 is 2.38 bits per heavy atom. The Bertz CT molecular complexity index is 1820. The quantitative estimate of drug-likeness (QED) is 0.0963. The van der Waals surface area contributed by atoms with E-state index in [1.807, 2.05) is 32.9 Å². The van der Waals surface area contributed by atoms with E-state index in [4.69, 9.17) is 9.47 Å². The number of hydrogen-bond acceptors (Lipinski definition) is 6. The molecule has 0 aliphatic carbocycles. The van der Waals surface area contributed by atoms with Crippen molar-refractivity contribution in [2.24, 2.45) is 5.92 Å². The molecule has 2 heterocycles. The number of methoxy groups -OCH3 is 1. The molecular formula is C44H57F4N3O4. The zero-order valence-corrected chi connectivity index (χ0v) is 32.5. The summed E-state index contributed by atoms with van der Waals surface area (Å²) in [7, 11) is 3.05. The molecule has 2 aliphatic rings. The number of alkyl halides is 3. The molecule has 4 rings (SSSR count). The second kappa shape index (κ2) is 19.3. The molecule has 1 fully saturated rings. The average Bonchev–Trinajstić information content (AvgIpc) is 3.09. The highest BCUT2D eigenvalue weighted by molar-refractivity contribution is 5.85. The lowest BCUT2D eigenvalue weighted by molar-refractivity contribution is -0.146. The highest BCUT2D eigenvalue weighted by Gasteiger charge is 2.41. The summed E-state index contributed by atoms with van der Waals surface area (Å²) < 4.78 is 70.3. The van der Waals surface area contributed by atoms with Crippen LogP contribution in [0.15, 0.2) is 84.8 Å². The van der Waals surface area contributed by atoms with Gasteiger partial charge in [0.1, 0.15) is 24.2 Å². The Labute approximate surface area is 324 Å². The van der Waals surface area contributed by atoms with Gasteiger partial charge >= 0.3 is 12.1 Å². The minimum atomic E-state index is -4.61. The predicted molar refractivity (Wildman–Crippen MR) is 213 cm³/mol. The van der Waals surface area contributed by atoms with Gasteiger partial charge in [-0.15, -0.1) is 0 Å². The maximum absolute atomic E-state index is 16.4. The summed E-state index contributed by atoms with van der Waals surface area (Å²) in [5.41, 5.74) is 2.61. The summed E-state index contributed by atoms with van der Waals surface area (Å²) in [4.78, 5) is 33.1. The standard InChI is InChI=1S/C43H53F4N3O4.CH4/c1-10-11-19-54-40(51)25-38(36-23-32(21-29(6)41(36)44)34-14-13-33(53-9)24-35(34)28(4)5)48(8)42(52)39(20-27(2)3)50-26-31(15-18-49-16-12-17-49)37(22-30(50)7)43(45,46)47;/h10-11,13-14,21-24,26-27,38-39H,4,7,12,15-20,25H2,1-3,5-6,8-9H3;1H4/t38-,39?;/m0./s1. The lowest BCUT2D eigenvalue weighted by atomic mass is 9.90. The molecule has 1 amide bonds. The average molecular weight is 768 g/mol. The number of halogens is 4. The number of amides is 1. The number of carbonyl (C=O) groups is 2. The van der Waals surface area contributed by atoms with Crippen molar-refractivity contribution in [2.75, 3.05) is 40.4 Å². The van der Waals surface area contributed by atoms with Crippen LogP contribution in [0, 0.1) is 18.7 Å². The van der Waals surface area contributed by atoms with E-state index in [9.17, 15) is 22.8 Å². The zero-order chi connectivity index (χ0) is 39.9. The molecule has 55 heavy (non-hydrogen) atoms.